The molecule has 0 saturated carbocycles. The van der Waals surface area contributed by atoms with Gasteiger partial charge < -0.3 is 26.2 Å². The van der Waals surface area contributed by atoms with Crippen molar-refractivity contribution in [1.82, 2.24) is 20.3 Å². The maximum absolute atomic E-state index is 12.3. The van der Waals surface area contributed by atoms with Crippen LogP contribution in [0.4, 0.5) is 5.82 Å². The summed E-state index contributed by atoms with van der Waals surface area (Å²) in [5, 5.41) is 21.1. The molecule has 2 heterocycles. The van der Waals surface area contributed by atoms with E-state index in [2.05, 4.69) is 20.3 Å². The third-order valence-corrected chi connectivity index (χ3v) is 5.13. The Balaban J connectivity index is 1.56. The number of amides is 1. The predicted octanol–water partition coefficient (Wildman–Crippen LogP) is 2.07. The van der Waals surface area contributed by atoms with E-state index in [4.69, 9.17) is 10.8 Å². The number of anilines is 1. The minimum absolute atomic E-state index is 0.183. The Bertz CT molecular complexity index is 1140. The molecule has 0 saturated heterocycles. The largest absolute Gasteiger partial charge is 0.481 e. The number of hydrogen-bond acceptors (Lipinski definition) is 6. The van der Waals surface area contributed by atoms with Crippen LogP contribution in [-0.4, -0.2) is 49.1 Å². The second-order valence-electron chi connectivity index (χ2n) is 7.54. The number of aromatic nitrogens is 3. The molecule has 0 aliphatic carbocycles. The molecule has 0 radical (unpaired) electrons. The maximum Gasteiger partial charge on any atom is 0.326 e. The van der Waals surface area contributed by atoms with E-state index in [1.54, 1.807) is 19.1 Å². The molecule has 3 rings (SSSR count). The highest BCUT2D eigenvalue weighted by Crippen LogP contribution is 2.23. The number of carbonyl (C=O) groups is 3. The fourth-order valence-electron chi connectivity index (χ4n) is 3.51. The zero-order valence-electron chi connectivity index (χ0n) is 17.6. The topological polar surface area (TPSA) is 171 Å². The number of aryl methyl sites for hydroxylation is 3. The van der Waals surface area contributed by atoms with Crippen molar-refractivity contribution in [3.63, 3.8) is 0 Å². The average Bonchev–Trinajstić information content (AvgIpc) is 3.14. The molecule has 1 atom stereocenters. The molecular weight excluding hydrogens is 414 g/mol. The average molecular weight is 439 g/mol. The molecule has 10 heteroatoms. The lowest BCUT2D eigenvalue weighted by atomic mass is 10.0. The normalized spacial score (nSPS) is 11.9. The number of aliphatic carboxylic acids is 2. The number of nitrogens with one attached hydrogen (secondary N) is 2. The van der Waals surface area contributed by atoms with Gasteiger partial charge in [0.1, 0.15) is 23.3 Å². The standard InChI is InChI=1S/C22H25N5O5/c1-12-25-19(23)18-15(11-24-20(18)26-12)4-2-3-13-5-7-14(8-6-13)21(30)27-16(22(31)32)9-10-17(28)29/h5-8,11,16H,2-4,9-10H2,1H3,(H,27,30)(H,28,29)(H,31,32)(H3,23,24,25,26)/t16-/m0/s1. The molecule has 0 bridgehead atoms. The number of carboxylic acids is 2. The van der Waals surface area contributed by atoms with E-state index < -0.39 is 23.9 Å². The number of hydrogen-bond donors (Lipinski definition) is 5. The predicted molar refractivity (Wildman–Crippen MR) is 117 cm³/mol. The lowest BCUT2D eigenvalue weighted by Crippen LogP contribution is -2.41. The number of aromatic amines is 1. The van der Waals surface area contributed by atoms with Crippen molar-refractivity contribution in [2.24, 2.45) is 0 Å². The summed E-state index contributed by atoms with van der Waals surface area (Å²) in [4.78, 5) is 45.9. The van der Waals surface area contributed by atoms with E-state index in [0.717, 1.165) is 41.4 Å². The Hall–Kier alpha value is -3.95. The molecular formula is C22H25N5O5. The molecule has 3 aromatic rings. The summed E-state index contributed by atoms with van der Waals surface area (Å²) in [7, 11) is 0. The van der Waals surface area contributed by atoms with Crippen molar-refractivity contribution in [2.75, 3.05) is 5.73 Å². The molecule has 0 aliphatic rings. The van der Waals surface area contributed by atoms with Gasteiger partial charge in [0.15, 0.2) is 0 Å². The second kappa shape index (κ2) is 9.90. The third kappa shape index (κ3) is 5.60. The van der Waals surface area contributed by atoms with Crippen molar-refractivity contribution >= 4 is 34.7 Å². The van der Waals surface area contributed by atoms with Crippen LogP contribution in [0.3, 0.4) is 0 Å². The highest BCUT2D eigenvalue weighted by molar-refractivity contribution is 5.96. The van der Waals surface area contributed by atoms with Gasteiger partial charge in [-0.2, -0.15) is 0 Å². The van der Waals surface area contributed by atoms with Gasteiger partial charge in [0.2, 0.25) is 0 Å². The summed E-state index contributed by atoms with van der Waals surface area (Å²) in [6.45, 7) is 1.79. The Morgan fingerprint density at radius 1 is 1.12 bits per heavy atom. The van der Waals surface area contributed by atoms with Crippen LogP contribution < -0.4 is 11.1 Å². The van der Waals surface area contributed by atoms with Crippen LogP contribution in [0.25, 0.3) is 11.0 Å². The van der Waals surface area contributed by atoms with E-state index in [1.807, 2.05) is 18.3 Å². The van der Waals surface area contributed by atoms with Crippen LogP contribution in [0.1, 0.15) is 46.6 Å². The van der Waals surface area contributed by atoms with Crippen LogP contribution in [-0.2, 0) is 22.4 Å². The fourth-order valence-corrected chi connectivity index (χ4v) is 3.51. The number of H-pyrrole nitrogens is 1. The zero-order chi connectivity index (χ0) is 23.3. The first-order valence-corrected chi connectivity index (χ1v) is 10.2. The molecule has 2 aromatic heterocycles. The van der Waals surface area contributed by atoms with Crippen molar-refractivity contribution < 1.29 is 24.6 Å². The molecule has 0 unspecified atom stereocenters. The zero-order valence-corrected chi connectivity index (χ0v) is 17.6. The number of carboxylic acid groups (broad SMARTS) is 2. The molecule has 10 nitrogen and oxygen atoms in total. The van der Waals surface area contributed by atoms with Crippen molar-refractivity contribution in [2.45, 2.75) is 45.1 Å². The van der Waals surface area contributed by atoms with E-state index in [0.29, 0.717) is 17.2 Å². The summed E-state index contributed by atoms with van der Waals surface area (Å²) < 4.78 is 0. The first-order valence-electron chi connectivity index (χ1n) is 10.2. The van der Waals surface area contributed by atoms with Crippen LogP contribution in [0.15, 0.2) is 30.5 Å². The second-order valence-corrected chi connectivity index (χ2v) is 7.54. The van der Waals surface area contributed by atoms with E-state index >= 15 is 0 Å². The van der Waals surface area contributed by atoms with Crippen LogP contribution in [0, 0.1) is 6.92 Å². The molecule has 6 N–H and O–H groups in total. The minimum atomic E-state index is -1.27. The van der Waals surface area contributed by atoms with Crippen LogP contribution in [0.2, 0.25) is 0 Å². The summed E-state index contributed by atoms with van der Waals surface area (Å²) in [6.07, 6.45) is 3.77. The maximum atomic E-state index is 12.3. The van der Waals surface area contributed by atoms with E-state index in [9.17, 15) is 19.5 Å². The van der Waals surface area contributed by atoms with Gasteiger partial charge in [-0.05, 0) is 55.9 Å². The molecule has 0 spiro atoms. The van der Waals surface area contributed by atoms with Gasteiger partial charge in [0, 0.05) is 18.2 Å². The summed E-state index contributed by atoms with van der Waals surface area (Å²) in [5.74, 6) is -1.87. The number of fused-ring (bicyclic) bond motifs is 1. The van der Waals surface area contributed by atoms with Gasteiger partial charge in [-0.3, -0.25) is 9.59 Å². The smallest absolute Gasteiger partial charge is 0.326 e. The van der Waals surface area contributed by atoms with Gasteiger partial charge in [-0.1, -0.05) is 12.1 Å². The van der Waals surface area contributed by atoms with Gasteiger partial charge in [0.25, 0.3) is 5.91 Å². The fraction of sp³-hybridized carbons (Fsp3) is 0.318. The number of nitrogen functional groups attached to an aromatic ring is 1. The number of benzene rings is 1. The van der Waals surface area contributed by atoms with Crippen LogP contribution >= 0.6 is 0 Å². The number of nitrogens with two attached hydrogens (primary N) is 1. The van der Waals surface area contributed by atoms with E-state index in [1.165, 1.54) is 0 Å². The number of carbonyl (C=O) groups excluding carboxylic acids is 1. The lowest BCUT2D eigenvalue weighted by Gasteiger charge is -2.13. The van der Waals surface area contributed by atoms with Crippen molar-refractivity contribution in [3.05, 3.63) is 53.0 Å². The quantitative estimate of drug-likeness (QED) is 0.319. The summed E-state index contributed by atoms with van der Waals surface area (Å²) in [5.41, 5.74) is 9.16. The van der Waals surface area contributed by atoms with E-state index in [-0.39, 0.29) is 12.8 Å². The Morgan fingerprint density at radius 2 is 1.84 bits per heavy atom. The Morgan fingerprint density at radius 3 is 2.50 bits per heavy atom. The first kappa shape index (κ1) is 22.7. The monoisotopic (exact) mass is 439 g/mol. The first-order chi connectivity index (χ1) is 15.2. The molecule has 1 amide bonds. The highest BCUT2D eigenvalue weighted by Gasteiger charge is 2.21. The molecule has 32 heavy (non-hydrogen) atoms. The van der Waals surface area contributed by atoms with Gasteiger partial charge in [0.05, 0.1) is 5.39 Å². The Kier molecular flexibility index (Phi) is 7.04. The minimum Gasteiger partial charge on any atom is -0.481 e. The van der Waals surface area contributed by atoms with Crippen molar-refractivity contribution in [1.29, 1.82) is 0 Å². The van der Waals surface area contributed by atoms with Gasteiger partial charge in [-0.25, -0.2) is 14.8 Å². The SMILES string of the molecule is Cc1nc(N)c2c(CCCc3ccc(C(=O)N[C@@H](CCC(=O)O)C(=O)O)cc3)c[nH]c2n1. The lowest BCUT2D eigenvalue weighted by molar-refractivity contribution is -0.140. The molecule has 0 fully saturated rings. The summed E-state index contributed by atoms with van der Waals surface area (Å²) in [6, 6.07) is 5.63. The molecule has 168 valence electrons. The molecule has 0 aliphatic heterocycles. The number of nitrogens with zero attached hydrogens (tertiary/aromatic N) is 2. The van der Waals surface area contributed by atoms with Crippen molar-refractivity contribution in [3.8, 4) is 0 Å². The van der Waals surface area contributed by atoms with Gasteiger partial charge in [-0.15, -0.1) is 0 Å². The third-order valence-electron chi connectivity index (χ3n) is 5.13. The number of rotatable bonds is 10. The van der Waals surface area contributed by atoms with Gasteiger partial charge >= 0.3 is 11.9 Å². The highest BCUT2D eigenvalue weighted by atomic mass is 16.4. The summed E-state index contributed by atoms with van der Waals surface area (Å²) >= 11 is 0. The Labute approximate surface area is 183 Å². The molecule has 1 aromatic carbocycles. The van der Waals surface area contributed by atoms with Crippen LogP contribution in [0.5, 0.6) is 0 Å².